The molecule has 0 unspecified atom stereocenters. The number of hydrogen-bond acceptors (Lipinski definition) is 2. The van der Waals surface area contributed by atoms with Gasteiger partial charge in [-0.1, -0.05) is 57.9 Å². The molecule has 0 radical (unpaired) electrons. The third-order valence-electron chi connectivity index (χ3n) is 3.55. The Labute approximate surface area is 118 Å². The van der Waals surface area contributed by atoms with Crippen molar-refractivity contribution >= 4 is 5.97 Å². The standard InChI is InChI=1S/C16H31NO2/c1-3-5-7-9-11-14(12-10-8-6-4-2)15(13-17)16(18)19/h3-13,17H2,1-2H3,(H,18,19). The second-order valence-corrected chi connectivity index (χ2v) is 5.21. The van der Waals surface area contributed by atoms with E-state index < -0.39 is 5.97 Å². The second-order valence-electron chi connectivity index (χ2n) is 5.21. The average Bonchev–Trinajstić information content (AvgIpc) is 2.39. The predicted molar refractivity (Wildman–Crippen MR) is 81.2 cm³/mol. The van der Waals surface area contributed by atoms with Gasteiger partial charge in [0.05, 0.1) is 0 Å². The Morgan fingerprint density at radius 2 is 1.37 bits per heavy atom. The summed E-state index contributed by atoms with van der Waals surface area (Å²) in [6.07, 6.45) is 11.2. The molecular formula is C16H31NO2. The molecule has 0 heterocycles. The molecule has 0 aromatic heterocycles. The van der Waals surface area contributed by atoms with Crippen molar-refractivity contribution in [1.29, 1.82) is 0 Å². The van der Waals surface area contributed by atoms with E-state index in [4.69, 9.17) is 5.73 Å². The van der Waals surface area contributed by atoms with E-state index >= 15 is 0 Å². The molecular weight excluding hydrogens is 238 g/mol. The lowest BCUT2D eigenvalue weighted by Gasteiger charge is -2.11. The predicted octanol–water partition coefficient (Wildman–Crippen LogP) is 4.27. The monoisotopic (exact) mass is 269 g/mol. The molecule has 0 aromatic rings. The van der Waals surface area contributed by atoms with Gasteiger partial charge in [-0.25, -0.2) is 4.79 Å². The van der Waals surface area contributed by atoms with Crippen LogP contribution >= 0.6 is 0 Å². The summed E-state index contributed by atoms with van der Waals surface area (Å²) >= 11 is 0. The molecule has 0 aromatic carbocycles. The Morgan fingerprint density at radius 3 is 1.68 bits per heavy atom. The number of carbonyl (C=O) groups is 1. The normalized spacial score (nSPS) is 10.5. The molecule has 0 rings (SSSR count). The van der Waals surface area contributed by atoms with Crippen molar-refractivity contribution in [3.05, 3.63) is 11.1 Å². The highest BCUT2D eigenvalue weighted by Gasteiger charge is 2.12. The van der Waals surface area contributed by atoms with Gasteiger partial charge in [0, 0.05) is 12.1 Å². The molecule has 0 aliphatic rings. The first kappa shape index (κ1) is 18.2. The number of nitrogens with two attached hydrogens (primary N) is 1. The molecule has 3 nitrogen and oxygen atoms in total. The fourth-order valence-electron chi connectivity index (χ4n) is 2.34. The third kappa shape index (κ3) is 8.82. The Bertz CT molecular complexity index is 258. The molecule has 0 aliphatic heterocycles. The van der Waals surface area contributed by atoms with Crippen LogP contribution in [-0.4, -0.2) is 17.6 Å². The minimum Gasteiger partial charge on any atom is -0.478 e. The number of unbranched alkanes of at least 4 members (excludes halogenated alkanes) is 6. The van der Waals surface area contributed by atoms with E-state index in [-0.39, 0.29) is 6.54 Å². The van der Waals surface area contributed by atoms with Crippen LogP contribution in [0.1, 0.15) is 78.1 Å². The van der Waals surface area contributed by atoms with Crippen LogP contribution in [-0.2, 0) is 4.79 Å². The van der Waals surface area contributed by atoms with E-state index in [2.05, 4.69) is 13.8 Å². The largest absolute Gasteiger partial charge is 0.478 e. The summed E-state index contributed by atoms with van der Waals surface area (Å²) in [6, 6.07) is 0. The Kier molecular flexibility index (Phi) is 11.7. The van der Waals surface area contributed by atoms with E-state index in [1.54, 1.807) is 0 Å². The quantitative estimate of drug-likeness (QED) is 0.411. The topological polar surface area (TPSA) is 63.3 Å². The molecule has 3 heteroatoms. The van der Waals surface area contributed by atoms with Crippen LogP contribution in [0.5, 0.6) is 0 Å². The van der Waals surface area contributed by atoms with Gasteiger partial charge < -0.3 is 10.8 Å². The third-order valence-corrected chi connectivity index (χ3v) is 3.55. The van der Waals surface area contributed by atoms with Crippen LogP contribution in [0.25, 0.3) is 0 Å². The number of carboxylic acid groups (broad SMARTS) is 1. The Balaban J connectivity index is 4.40. The summed E-state index contributed by atoms with van der Waals surface area (Å²) in [7, 11) is 0. The van der Waals surface area contributed by atoms with Gasteiger partial charge in [0.25, 0.3) is 0 Å². The average molecular weight is 269 g/mol. The number of hydrogen-bond donors (Lipinski definition) is 2. The molecule has 0 atom stereocenters. The molecule has 112 valence electrons. The molecule has 19 heavy (non-hydrogen) atoms. The van der Waals surface area contributed by atoms with Gasteiger partial charge in [0.2, 0.25) is 0 Å². The minimum atomic E-state index is -0.830. The zero-order valence-electron chi connectivity index (χ0n) is 12.7. The maximum absolute atomic E-state index is 11.2. The van der Waals surface area contributed by atoms with Gasteiger partial charge in [-0.2, -0.15) is 0 Å². The lowest BCUT2D eigenvalue weighted by atomic mass is 9.95. The molecule has 0 aliphatic carbocycles. The van der Waals surface area contributed by atoms with Crippen molar-refractivity contribution in [3.63, 3.8) is 0 Å². The van der Waals surface area contributed by atoms with Crippen molar-refractivity contribution in [2.24, 2.45) is 5.73 Å². The molecule has 3 N–H and O–H groups in total. The fraction of sp³-hybridized carbons (Fsp3) is 0.812. The highest BCUT2D eigenvalue weighted by molar-refractivity contribution is 5.88. The van der Waals surface area contributed by atoms with E-state index in [9.17, 15) is 9.90 Å². The lowest BCUT2D eigenvalue weighted by Crippen LogP contribution is -2.15. The van der Waals surface area contributed by atoms with Crippen LogP contribution < -0.4 is 5.73 Å². The van der Waals surface area contributed by atoms with Crippen LogP contribution in [0.15, 0.2) is 11.1 Å². The van der Waals surface area contributed by atoms with E-state index in [1.807, 2.05) is 0 Å². The first-order chi connectivity index (χ1) is 9.17. The van der Waals surface area contributed by atoms with Crippen molar-refractivity contribution in [3.8, 4) is 0 Å². The summed E-state index contributed by atoms with van der Waals surface area (Å²) < 4.78 is 0. The van der Waals surface area contributed by atoms with E-state index in [0.717, 1.165) is 31.3 Å². The number of rotatable bonds is 12. The van der Waals surface area contributed by atoms with Gasteiger partial charge in [0.15, 0.2) is 0 Å². The zero-order chi connectivity index (χ0) is 14.5. The van der Waals surface area contributed by atoms with Crippen molar-refractivity contribution in [2.75, 3.05) is 6.54 Å². The number of aliphatic carboxylic acids is 1. The zero-order valence-corrected chi connectivity index (χ0v) is 12.7. The van der Waals surface area contributed by atoms with E-state index in [0.29, 0.717) is 5.57 Å². The van der Waals surface area contributed by atoms with Crippen molar-refractivity contribution < 1.29 is 9.90 Å². The van der Waals surface area contributed by atoms with Gasteiger partial charge in [0.1, 0.15) is 0 Å². The van der Waals surface area contributed by atoms with Crippen LogP contribution in [0.2, 0.25) is 0 Å². The Hall–Kier alpha value is -0.830. The van der Waals surface area contributed by atoms with Gasteiger partial charge in [-0.3, -0.25) is 0 Å². The molecule has 0 amide bonds. The molecule has 0 fully saturated rings. The van der Waals surface area contributed by atoms with Gasteiger partial charge >= 0.3 is 5.97 Å². The lowest BCUT2D eigenvalue weighted by molar-refractivity contribution is -0.132. The van der Waals surface area contributed by atoms with Crippen LogP contribution in [0, 0.1) is 0 Å². The first-order valence-electron chi connectivity index (χ1n) is 7.81. The SMILES string of the molecule is CCCCCCC(CCCCCC)=C(CN)C(=O)O. The van der Waals surface area contributed by atoms with Crippen LogP contribution in [0.4, 0.5) is 0 Å². The summed E-state index contributed by atoms with van der Waals surface area (Å²) in [5.41, 5.74) is 7.13. The molecule has 0 saturated heterocycles. The number of carboxylic acids is 1. The summed E-state index contributed by atoms with van der Waals surface area (Å²) in [5, 5.41) is 9.21. The molecule has 0 spiro atoms. The van der Waals surface area contributed by atoms with Gasteiger partial charge in [-0.05, 0) is 25.7 Å². The summed E-state index contributed by atoms with van der Waals surface area (Å²) in [4.78, 5) is 11.2. The number of allylic oxidation sites excluding steroid dienone is 1. The fourth-order valence-corrected chi connectivity index (χ4v) is 2.34. The Morgan fingerprint density at radius 1 is 0.895 bits per heavy atom. The maximum Gasteiger partial charge on any atom is 0.332 e. The summed E-state index contributed by atoms with van der Waals surface area (Å²) in [6.45, 7) is 4.53. The summed E-state index contributed by atoms with van der Waals surface area (Å²) in [5.74, 6) is -0.830. The van der Waals surface area contributed by atoms with Crippen molar-refractivity contribution in [2.45, 2.75) is 78.1 Å². The molecule has 0 bridgehead atoms. The van der Waals surface area contributed by atoms with Crippen LogP contribution in [0.3, 0.4) is 0 Å². The van der Waals surface area contributed by atoms with Crippen molar-refractivity contribution in [1.82, 2.24) is 0 Å². The highest BCUT2D eigenvalue weighted by Crippen LogP contribution is 2.21. The second kappa shape index (κ2) is 12.2. The molecule has 0 saturated carbocycles. The minimum absolute atomic E-state index is 0.159. The van der Waals surface area contributed by atoms with Gasteiger partial charge in [-0.15, -0.1) is 0 Å². The highest BCUT2D eigenvalue weighted by atomic mass is 16.4. The first-order valence-corrected chi connectivity index (χ1v) is 7.81. The van der Waals surface area contributed by atoms with E-state index in [1.165, 1.54) is 38.5 Å². The maximum atomic E-state index is 11.2. The smallest absolute Gasteiger partial charge is 0.332 e.